The van der Waals surface area contributed by atoms with E-state index in [2.05, 4.69) is 5.32 Å². The number of carboxylic acids is 1. The van der Waals surface area contributed by atoms with Gasteiger partial charge in [0, 0.05) is 5.56 Å². The van der Waals surface area contributed by atoms with Crippen LogP contribution in [0.4, 0.5) is 0 Å². The Balaban J connectivity index is 1.66. The fourth-order valence-electron chi connectivity index (χ4n) is 2.50. The van der Waals surface area contributed by atoms with Crippen molar-refractivity contribution in [3.05, 3.63) is 53.5 Å². The highest BCUT2D eigenvalue weighted by Gasteiger charge is 2.27. The van der Waals surface area contributed by atoms with Crippen molar-refractivity contribution in [2.24, 2.45) is 0 Å². The van der Waals surface area contributed by atoms with Crippen LogP contribution in [0.15, 0.2) is 40.8 Å². The number of ether oxygens (including phenoxy) is 1. The number of rotatable bonds is 4. The molecule has 1 aromatic heterocycles. The molecule has 2 N–H and O–H groups in total. The van der Waals surface area contributed by atoms with Gasteiger partial charge in [-0.2, -0.15) is 0 Å². The summed E-state index contributed by atoms with van der Waals surface area (Å²) in [5, 5.41) is 11.6. The number of nitrogens with one attached hydrogen (secondary N) is 1. The van der Waals surface area contributed by atoms with E-state index in [0.717, 1.165) is 11.3 Å². The SMILES string of the molecule is O=C(O)c1ccc(CNC(=O)C2CCOc3ccccc32)o1. The molecule has 0 spiro atoms. The van der Waals surface area contributed by atoms with Crippen molar-refractivity contribution in [3.8, 4) is 5.75 Å². The Bertz CT molecular complexity index is 706. The Kier molecular flexibility index (Phi) is 3.82. The number of para-hydroxylation sites is 1. The fourth-order valence-corrected chi connectivity index (χ4v) is 2.50. The zero-order chi connectivity index (χ0) is 15.5. The predicted octanol–water partition coefficient (Wildman–Crippen LogP) is 2.16. The number of benzene rings is 1. The molecule has 6 nitrogen and oxygen atoms in total. The van der Waals surface area contributed by atoms with Gasteiger partial charge >= 0.3 is 5.97 Å². The van der Waals surface area contributed by atoms with E-state index < -0.39 is 5.97 Å². The summed E-state index contributed by atoms with van der Waals surface area (Å²) in [4.78, 5) is 23.1. The van der Waals surface area contributed by atoms with Gasteiger partial charge in [0.15, 0.2) is 0 Å². The van der Waals surface area contributed by atoms with Gasteiger partial charge in [0.2, 0.25) is 11.7 Å². The van der Waals surface area contributed by atoms with Crippen molar-refractivity contribution in [1.29, 1.82) is 0 Å². The highest BCUT2D eigenvalue weighted by atomic mass is 16.5. The van der Waals surface area contributed by atoms with Gasteiger partial charge < -0.3 is 19.6 Å². The minimum absolute atomic E-state index is 0.121. The summed E-state index contributed by atoms with van der Waals surface area (Å²) in [6, 6.07) is 10.4. The number of hydrogen-bond acceptors (Lipinski definition) is 4. The highest BCUT2D eigenvalue weighted by Crippen LogP contribution is 2.33. The minimum atomic E-state index is -1.13. The molecule has 1 unspecified atom stereocenters. The largest absolute Gasteiger partial charge is 0.493 e. The standard InChI is InChI=1S/C16H15NO5/c18-15(17-9-10-5-6-14(22-10)16(19)20)12-7-8-21-13-4-2-1-3-11(12)13/h1-6,12H,7-9H2,(H,17,18)(H,19,20). The molecule has 1 atom stereocenters. The first-order valence-corrected chi connectivity index (χ1v) is 6.96. The maximum Gasteiger partial charge on any atom is 0.371 e. The molecule has 1 aliphatic rings. The molecule has 0 bridgehead atoms. The van der Waals surface area contributed by atoms with Gasteiger partial charge in [0.05, 0.1) is 19.1 Å². The second kappa shape index (κ2) is 5.93. The molecule has 0 saturated heterocycles. The van der Waals surface area contributed by atoms with Crippen molar-refractivity contribution in [2.45, 2.75) is 18.9 Å². The lowest BCUT2D eigenvalue weighted by atomic mass is 9.92. The maximum atomic E-state index is 12.4. The molecule has 2 heterocycles. The summed E-state index contributed by atoms with van der Waals surface area (Å²) in [5.41, 5.74) is 0.872. The third-order valence-electron chi connectivity index (χ3n) is 3.58. The number of carbonyl (C=O) groups excluding carboxylic acids is 1. The quantitative estimate of drug-likeness (QED) is 0.903. The third-order valence-corrected chi connectivity index (χ3v) is 3.58. The molecule has 0 aliphatic carbocycles. The van der Waals surface area contributed by atoms with Gasteiger partial charge in [0.25, 0.3) is 0 Å². The van der Waals surface area contributed by atoms with Crippen LogP contribution in [0.5, 0.6) is 5.75 Å². The van der Waals surface area contributed by atoms with Crippen LogP contribution < -0.4 is 10.1 Å². The number of hydrogen-bond donors (Lipinski definition) is 2. The van der Waals surface area contributed by atoms with E-state index in [9.17, 15) is 9.59 Å². The number of aromatic carboxylic acids is 1. The average molecular weight is 301 g/mol. The van der Waals surface area contributed by atoms with E-state index >= 15 is 0 Å². The van der Waals surface area contributed by atoms with Gasteiger partial charge in [-0.3, -0.25) is 4.79 Å². The van der Waals surface area contributed by atoms with Crippen molar-refractivity contribution >= 4 is 11.9 Å². The molecule has 2 aromatic rings. The van der Waals surface area contributed by atoms with E-state index in [-0.39, 0.29) is 24.1 Å². The zero-order valence-electron chi connectivity index (χ0n) is 11.7. The van der Waals surface area contributed by atoms with Crippen LogP contribution in [-0.4, -0.2) is 23.6 Å². The minimum Gasteiger partial charge on any atom is -0.493 e. The molecule has 1 aromatic carbocycles. The number of amides is 1. The van der Waals surface area contributed by atoms with Gasteiger partial charge in [-0.05, 0) is 24.6 Å². The molecule has 6 heteroatoms. The molecule has 0 radical (unpaired) electrons. The summed E-state index contributed by atoms with van der Waals surface area (Å²) in [6.07, 6.45) is 0.612. The van der Waals surface area contributed by atoms with E-state index in [1.807, 2.05) is 24.3 Å². The number of fused-ring (bicyclic) bond motifs is 1. The highest BCUT2D eigenvalue weighted by molar-refractivity contribution is 5.85. The molecular weight excluding hydrogens is 286 g/mol. The maximum absolute atomic E-state index is 12.4. The lowest BCUT2D eigenvalue weighted by Crippen LogP contribution is -2.31. The van der Waals surface area contributed by atoms with Gasteiger partial charge in [0.1, 0.15) is 11.5 Å². The Hall–Kier alpha value is -2.76. The molecule has 1 aliphatic heterocycles. The number of carbonyl (C=O) groups is 2. The molecule has 1 amide bonds. The van der Waals surface area contributed by atoms with E-state index in [4.69, 9.17) is 14.3 Å². The fraction of sp³-hybridized carbons (Fsp3) is 0.250. The van der Waals surface area contributed by atoms with Crippen LogP contribution in [0.1, 0.15) is 34.2 Å². The number of carboxylic acid groups (broad SMARTS) is 1. The van der Waals surface area contributed by atoms with Gasteiger partial charge in [-0.25, -0.2) is 4.79 Å². The predicted molar refractivity (Wildman–Crippen MR) is 76.8 cm³/mol. The number of furan rings is 1. The topological polar surface area (TPSA) is 88.8 Å². The van der Waals surface area contributed by atoms with Crippen LogP contribution in [-0.2, 0) is 11.3 Å². The van der Waals surface area contributed by atoms with Crippen LogP contribution in [0.25, 0.3) is 0 Å². The van der Waals surface area contributed by atoms with Crippen LogP contribution in [0, 0.1) is 0 Å². The first-order chi connectivity index (χ1) is 10.6. The van der Waals surface area contributed by atoms with E-state index in [1.54, 1.807) is 6.07 Å². The molecule has 3 rings (SSSR count). The third kappa shape index (κ3) is 2.81. The molecule has 0 fully saturated rings. The Morgan fingerprint density at radius 1 is 1.23 bits per heavy atom. The second-order valence-corrected chi connectivity index (χ2v) is 5.02. The molecule has 114 valence electrons. The summed E-state index contributed by atoms with van der Waals surface area (Å²) in [5.74, 6) is -0.509. The first-order valence-electron chi connectivity index (χ1n) is 6.96. The monoisotopic (exact) mass is 301 g/mol. The summed E-state index contributed by atoms with van der Waals surface area (Å²) < 4.78 is 10.6. The van der Waals surface area contributed by atoms with Gasteiger partial charge in [-0.15, -0.1) is 0 Å². The summed E-state index contributed by atoms with van der Waals surface area (Å²) in [6.45, 7) is 0.657. The molecule has 0 saturated carbocycles. The van der Waals surface area contributed by atoms with Crippen LogP contribution >= 0.6 is 0 Å². The summed E-state index contributed by atoms with van der Waals surface area (Å²) in [7, 11) is 0. The van der Waals surface area contributed by atoms with Crippen molar-refractivity contribution in [2.75, 3.05) is 6.61 Å². The summed E-state index contributed by atoms with van der Waals surface area (Å²) >= 11 is 0. The second-order valence-electron chi connectivity index (χ2n) is 5.02. The lowest BCUT2D eigenvalue weighted by Gasteiger charge is -2.24. The van der Waals surface area contributed by atoms with E-state index in [1.165, 1.54) is 6.07 Å². The Labute approximate surface area is 126 Å². The van der Waals surface area contributed by atoms with Crippen molar-refractivity contribution in [1.82, 2.24) is 5.32 Å². The van der Waals surface area contributed by atoms with Crippen molar-refractivity contribution in [3.63, 3.8) is 0 Å². The van der Waals surface area contributed by atoms with Crippen LogP contribution in [0.2, 0.25) is 0 Å². The van der Waals surface area contributed by atoms with E-state index in [0.29, 0.717) is 18.8 Å². The Morgan fingerprint density at radius 2 is 2.05 bits per heavy atom. The van der Waals surface area contributed by atoms with Crippen LogP contribution in [0.3, 0.4) is 0 Å². The first kappa shape index (κ1) is 14.2. The Morgan fingerprint density at radius 3 is 2.82 bits per heavy atom. The average Bonchev–Trinajstić information content (AvgIpc) is 3.01. The smallest absolute Gasteiger partial charge is 0.371 e. The van der Waals surface area contributed by atoms with Gasteiger partial charge in [-0.1, -0.05) is 18.2 Å². The normalized spacial score (nSPS) is 16.5. The molecule has 22 heavy (non-hydrogen) atoms. The van der Waals surface area contributed by atoms with Crippen molar-refractivity contribution < 1.29 is 23.8 Å². The zero-order valence-corrected chi connectivity index (χ0v) is 11.7. The molecular formula is C16H15NO5. The lowest BCUT2D eigenvalue weighted by molar-refractivity contribution is -0.123.